The minimum Gasteiger partial charge on any atom is -0.390 e. The van der Waals surface area contributed by atoms with Gasteiger partial charge < -0.3 is 5.11 Å². The molecule has 1 rings (SSSR count). The normalized spacial score (nSPS) is 35.2. The first-order valence-corrected chi connectivity index (χ1v) is 8.60. The van der Waals surface area contributed by atoms with Gasteiger partial charge in [0, 0.05) is 6.26 Å². The summed E-state index contributed by atoms with van der Waals surface area (Å²) in [7, 11) is -2.99. The molecule has 0 aliphatic heterocycles. The molecule has 102 valence electrons. The first-order chi connectivity index (χ1) is 7.64. The summed E-state index contributed by atoms with van der Waals surface area (Å²) in [5, 5.41) is 10.8. The van der Waals surface area contributed by atoms with E-state index < -0.39 is 15.4 Å². The van der Waals surface area contributed by atoms with E-state index >= 15 is 0 Å². The van der Waals surface area contributed by atoms with Crippen molar-refractivity contribution >= 4 is 9.84 Å². The fraction of sp³-hybridized carbons (Fsp3) is 1.00. The Morgan fingerprint density at radius 3 is 2.41 bits per heavy atom. The maximum absolute atomic E-state index is 11.3. The van der Waals surface area contributed by atoms with E-state index in [9.17, 15) is 13.5 Å². The maximum Gasteiger partial charge on any atom is 0.147 e. The van der Waals surface area contributed by atoms with E-state index in [0.717, 1.165) is 19.3 Å². The summed E-state index contributed by atoms with van der Waals surface area (Å²) in [6.07, 6.45) is 4.53. The molecule has 1 N–H and O–H groups in total. The summed E-state index contributed by atoms with van der Waals surface area (Å²) in [6.45, 7) is 6.38. The van der Waals surface area contributed by atoms with Crippen LogP contribution in [0.2, 0.25) is 0 Å². The number of aliphatic hydroxyl groups is 1. The first-order valence-electron chi connectivity index (χ1n) is 6.54. The topological polar surface area (TPSA) is 54.4 Å². The van der Waals surface area contributed by atoms with Crippen LogP contribution < -0.4 is 0 Å². The van der Waals surface area contributed by atoms with Crippen molar-refractivity contribution < 1.29 is 13.5 Å². The molecule has 17 heavy (non-hydrogen) atoms. The second kappa shape index (κ2) is 5.27. The van der Waals surface area contributed by atoms with Gasteiger partial charge in [0.05, 0.1) is 11.4 Å². The zero-order valence-corrected chi connectivity index (χ0v) is 12.3. The van der Waals surface area contributed by atoms with Gasteiger partial charge in [0.25, 0.3) is 0 Å². The van der Waals surface area contributed by atoms with Crippen LogP contribution >= 0.6 is 0 Å². The molecule has 4 heteroatoms. The minimum absolute atomic E-state index is 0.0967. The van der Waals surface area contributed by atoms with Gasteiger partial charge >= 0.3 is 0 Å². The van der Waals surface area contributed by atoms with E-state index in [0.29, 0.717) is 18.3 Å². The van der Waals surface area contributed by atoms with Crippen LogP contribution in [0.4, 0.5) is 0 Å². The molecule has 1 saturated carbocycles. The Morgan fingerprint density at radius 2 is 1.94 bits per heavy atom. The van der Waals surface area contributed by atoms with Gasteiger partial charge in [0.15, 0.2) is 0 Å². The Hall–Kier alpha value is -0.0900. The molecule has 0 aromatic carbocycles. The molecule has 0 heterocycles. The lowest BCUT2D eigenvalue weighted by Crippen LogP contribution is -2.46. The van der Waals surface area contributed by atoms with Crippen molar-refractivity contribution in [3.05, 3.63) is 0 Å². The quantitative estimate of drug-likeness (QED) is 0.845. The molecule has 3 atom stereocenters. The average Bonchev–Trinajstić information content (AvgIpc) is 2.13. The Bertz CT molecular complexity index is 348. The fourth-order valence-corrected chi connectivity index (χ4v) is 3.92. The number of hydrogen-bond donors (Lipinski definition) is 1. The van der Waals surface area contributed by atoms with E-state index in [1.54, 1.807) is 0 Å². The number of hydrogen-bond acceptors (Lipinski definition) is 3. The van der Waals surface area contributed by atoms with Gasteiger partial charge in [-0.3, -0.25) is 0 Å². The largest absolute Gasteiger partial charge is 0.390 e. The highest BCUT2D eigenvalue weighted by Gasteiger charge is 2.42. The summed E-state index contributed by atoms with van der Waals surface area (Å²) in [5.41, 5.74) is -0.783. The van der Waals surface area contributed by atoms with Crippen molar-refractivity contribution in [1.29, 1.82) is 0 Å². The Balaban J connectivity index is 2.78. The molecular weight excluding hydrogens is 236 g/mol. The van der Waals surface area contributed by atoms with Crippen molar-refractivity contribution in [2.45, 2.75) is 52.1 Å². The summed E-state index contributed by atoms with van der Waals surface area (Å²) in [6, 6.07) is 0. The second-order valence-corrected chi connectivity index (χ2v) is 8.48. The van der Waals surface area contributed by atoms with Gasteiger partial charge in [-0.1, -0.05) is 27.2 Å². The average molecular weight is 262 g/mol. The molecule has 0 bridgehead atoms. The third kappa shape index (κ3) is 4.25. The van der Waals surface area contributed by atoms with Crippen LogP contribution in [0, 0.1) is 17.8 Å². The van der Waals surface area contributed by atoms with Gasteiger partial charge in [-0.2, -0.15) is 0 Å². The van der Waals surface area contributed by atoms with Crippen molar-refractivity contribution in [3.63, 3.8) is 0 Å². The number of rotatable bonds is 4. The van der Waals surface area contributed by atoms with Crippen molar-refractivity contribution in [1.82, 2.24) is 0 Å². The molecule has 0 amide bonds. The van der Waals surface area contributed by atoms with Crippen molar-refractivity contribution in [2.75, 3.05) is 12.0 Å². The van der Waals surface area contributed by atoms with Gasteiger partial charge in [0.1, 0.15) is 9.84 Å². The molecule has 0 aromatic heterocycles. The molecule has 1 fully saturated rings. The van der Waals surface area contributed by atoms with Crippen molar-refractivity contribution in [2.24, 2.45) is 17.8 Å². The lowest BCUT2D eigenvalue weighted by molar-refractivity contribution is -0.0818. The summed E-state index contributed by atoms with van der Waals surface area (Å²) in [5.74, 6) is 1.24. The molecule has 3 nitrogen and oxygen atoms in total. The Morgan fingerprint density at radius 1 is 1.35 bits per heavy atom. The molecule has 0 radical (unpaired) electrons. The lowest BCUT2D eigenvalue weighted by Gasteiger charge is -2.44. The van der Waals surface area contributed by atoms with Crippen LogP contribution in [0.3, 0.4) is 0 Å². The van der Waals surface area contributed by atoms with Crippen LogP contribution in [0.5, 0.6) is 0 Å². The number of sulfone groups is 1. The first kappa shape index (κ1) is 15.0. The molecule has 1 aliphatic rings. The van der Waals surface area contributed by atoms with Gasteiger partial charge in [-0.15, -0.1) is 0 Å². The third-order valence-electron chi connectivity index (χ3n) is 4.07. The molecule has 3 unspecified atom stereocenters. The smallest absolute Gasteiger partial charge is 0.147 e. The molecular formula is C13H26O3S. The highest BCUT2D eigenvalue weighted by molar-refractivity contribution is 7.90. The molecule has 0 aromatic rings. The van der Waals surface area contributed by atoms with E-state index in [1.807, 2.05) is 0 Å². The Labute approximate surface area is 106 Å². The summed E-state index contributed by atoms with van der Waals surface area (Å²) < 4.78 is 22.5. The minimum atomic E-state index is -2.99. The van der Waals surface area contributed by atoms with Gasteiger partial charge in [0.2, 0.25) is 0 Å². The summed E-state index contributed by atoms with van der Waals surface area (Å²) >= 11 is 0. The van der Waals surface area contributed by atoms with Crippen LogP contribution in [-0.4, -0.2) is 31.1 Å². The zero-order chi connectivity index (χ0) is 13.3. The SMILES string of the molecule is CC1CCC(C(C)C)C(O)(CCS(C)(=O)=O)C1. The predicted octanol–water partition coefficient (Wildman–Crippen LogP) is 2.24. The van der Waals surface area contributed by atoms with Crippen molar-refractivity contribution in [3.8, 4) is 0 Å². The lowest BCUT2D eigenvalue weighted by atomic mass is 9.66. The summed E-state index contributed by atoms with van der Waals surface area (Å²) in [4.78, 5) is 0. The molecule has 0 spiro atoms. The van der Waals surface area contributed by atoms with Gasteiger partial charge in [-0.25, -0.2) is 8.42 Å². The Kier molecular flexibility index (Phi) is 4.64. The highest BCUT2D eigenvalue weighted by Crippen LogP contribution is 2.43. The van der Waals surface area contributed by atoms with E-state index in [-0.39, 0.29) is 11.7 Å². The highest BCUT2D eigenvalue weighted by atomic mass is 32.2. The van der Waals surface area contributed by atoms with Crippen LogP contribution in [0.1, 0.15) is 46.5 Å². The van der Waals surface area contributed by atoms with E-state index in [1.165, 1.54) is 6.26 Å². The second-order valence-electron chi connectivity index (χ2n) is 6.22. The zero-order valence-electron chi connectivity index (χ0n) is 11.4. The maximum atomic E-state index is 11.3. The molecule has 0 saturated heterocycles. The third-order valence-corrected chi connectivity index (χ3v) is 5.02. The van der Waals surface area contributed by atoms with Crippen LogP contribution in [-0.2, 0) is 9.84 Å². The monoisotopic (exact) mass is 262 g/mol. The van der Waals surface area contributed by atoms with Crippen LogP contribution in [0.15, 0.2) is 0 Å². The van der Waals surface area contributed by atoms with Crippen LogP contribution in [0.25, 0.3) is 0 Å². The van der Waals surface area contributed by atoms with Gasteiger partial charge in [-0.05, 0) is 37.0 Å². The fourth-order valence-electron chi connectivity index (χ4n) is 3.19. The predicted molar refractivity (Wildman–Crippen MR) is 70.6 cm³/mol. The standard InChI is InChI=1S/C13H26O3S/c1-10(2)12-6-5-11(3)9-13(12,14)7-8-17(4,15)16/h10-12,14H,5-9H2,1-4H3. The van der Waals surface area contributed by atoms with E-state index in [4.69, 9.17) is 0 Å². The molecule has 1 aliphatic carbocycles. The van der Waals surface area contributed by atoms with E-state index in [2.05, 4.69) is 20.8 Å².